The zero-order valence-electron chi connectivity index (χ0n) is 14.7. The molecule has 0 fully saturated rings. The van der Waals surface area contributed by atoms with Crippen LogP contribution in [-0.4, -0.2) is 45.4 Å². The fourth-order valence-corrected chi connectivity index (χ4v) is 2.41. The van der Waals surface area contributed by atoms with Crippen LogP contribution in [0.3, 0.4) is 0 Å². The molecule has 7 heteroatoms. The van der Waals surface area contributed by atoms with Crippen molar-refractivity contribution >= 4 is 6.03 Å². The van der Waals surface area contributed by atoms with Crippen LogP contribution in [0.15, 0.2) is 30.6 Å². The molecule has 1 heterocycles. The number of rotatable bonds is 7. The van der Waals surface area contributed by atoms with Crippen molar-refractivity contribution in [1.82, 2.24) is 25.0 Å². The fourth-order valence-electron chi connectivity index (χ4n) is 2.41. The Labute approximate surface area is 142 Å². The molecule has 130 valence electrons. The Morgan fingerprint density at radius 2 is 2.17 bits per heavy atom. The zero-order chi connectivity index (χ0) is 17.5. The molecule has 0 saturated heterocycles. The van der Waals surface area contributed by atoms with Gasteiger partial charge in [0.15, 0.2) is 5.82 Å². The van der Waals surface area contributed by atoms with Gasteiger partial charge in [0.1, 0.15) is 18.7 Å². The Balaban J connectivity index is 1.85. The molecule has 0 spiro atoms. The van der Waals surface area contributed by atoms with E-state index in [9.17, 15) is 4.79 Å². The van der Waals surface area contributed by atoms with Crippen LogP contribution in [-0.2, 0) is 7.05 Å². The maximum atomic E-state index is 12.4. The summed E-state index contributed by atoms with van der Waals surface area (Å²) >= 11 is 0. The van der Waals surface area contributed by atoms with E-state index in [1.807, 2.05) is 52.1 Å². The minimum absolute atomic E-state index is 0.138. The maximum absolute atomic E-state index is 12.4. The number of aryl methyl sites for hydroxylation is 2. The van der Waals surface area contributed by atoms with Crippen LogP contribution >= 0.6 is 0 Å². The second-order valence-corrected chi connectivity index (χ2v) is 5.66. The molecule has 1 atom stereocenters. The van der Waals surface area contributed by atoms with Crippen LogP contribution in [0.4, 0.5) is 4.79 Å². The van der Waals surface area contributed by atoms with Crippen molar-refractivity contribution in [2.24, 2.45) is 7.05 Å². The van der Waals surface area contributed by atoms with Gasteiger partial charge < -0.3 is 19.5 Å². The van der Waals surface area contributed by atoms with Crippen molar-refractivity contribution in [3.05, 3.63) is 42.0 Å². The van der Waals surface area contributed by atoms with E-state index >= 15 is 0 Å². The summed E-state index contributed by atoms with van der Waals surface area (Å²) in [5, 5.41) is 10.8. The first-order valence-electron chi connectivity index (χ1n) is 8.10. The van der Waals surface area contributed by atoms with E-state index < -0.39 is 0 Å². The number of aromatic nitrogens is 3. The first kappa shape index (κ1) is 17.8. The standard InChI is InChI=1S/C17H25N5O2/c1-5-22(10-11-24-15-9-7-6-8-13(15)2)17(23)19-14(3)16-20-18-12-21(16)4/h6-9,12,14H,5,10-11H2,1-4H3,(H,19,23). The Morgan fingerprint density at radius 3 is 2.79 bits per heavy atom. The molecule has 0 aliphatic rings. The number of amides is 2. The first-order chi connectivity index (χ1) is 11.5. The molecule has 7 nitrogen and oxygen atoms in total. The van der Waals surface area contributed by atoms with Gasteiger partial charge in [-0.3, -0.25) is 0 Å². The average Bonchev–Trinajstić information content (AvgIpc) is 2.99. The molecule has 2 rings (SSSR count). The maximum Gasteiger partial charge on any atom is 0.318 e. The number of carbonyl (C=O) groups excluding carboxylic acids is 1. The third-order valence-corrected chi connectivity index (χ3v) is 3.85. The molecule has 24 heavy (non-hydrogen) atoms. The summed E-state index contributed by atoms with van der Waals surface area (Å²) in [6, 6.07) is 7.50. The lowest BCUT2D eigenvalue weighted by atomic mass is 10.2. The molecule has 2 amide bonds. The van der Waals surface area contributed by atoms with E-state index in [0.29, 0.717) is 19.7 Å². The smallest absolute Gasteiger partial charge is 0.318 e. The van der Waals surface area contributed by atoms with Crippen LogP contribution in [0.25, 0.3) is 0 Å². The molecule has 1 N–H and O–H groups in total. The minimum atomic E-state index is -0.212. The molecular weight excluding hydrogens is 306 g/mol. The third-order valence-electron chi connectivity index (χ3n) is 3.85. The Bertz CT molecular complexity index is 671. The van der Waals surface area contributed by atoms with Crippen molar-refractivity contribution in [2.75, 3.05) is 19.7 Å². The highest BCUT2D eigenvalue weighted by atomic mass is 16.5. The summed E-state index contributed by atoms with van der Waals surface area (Å²) < 4.78 is 7.56. The second kappa shape index (κ2) is 8.33. The van der Waals surface area contributed by atoms with Crippen molar-refractivity contribution in [1.29, 1.82) is 0 Å². The molecule has 0 radical (unpaired) electrons. The quantitative estimate of drug-likeness (QED) is 0.845. The molecule has 0 aliphatic heterocycles. The normalized spacial score (nSPS) is 11.8. The number of nitrogens with zero attached hydrogens (tertiary/aromatic N) is 4. The van der Waals surface area contributed by atoms with Crippen molar-refractivity contribution in [2.45, 2.75) is 26.8 Å². The topological polar surface area (TPSA) is 72.3 Å². The fraction of sp³-hybridized carbons (Fsp3) is 0.471. The van der Waals surface area contributed by atoms with E-state index in [4.69, 9.17) is 4.74 Å². The van der Waals surface area contributed by atoms with Gasteiger partial charge in [-0.1, -0.05) is 18.2 Å². The molecule has 0 aliphatic carbocycles. The van der Waals surface area contributed by atoms with Crippen LogP contribution in [0.2, 0.25) is 0 Å². The Hall–Kier alpha value is -2.57. The SMILES string of the molecule is CCN(CCOc1ccccc1C)C(=O)NC(C)c1nncn1C. The lowest BCUT2D eigenvalue weighted by Gasteiger charge is -2.24. The van der Waals surface area contributed by atoms with Crippen molar-refractivity contribution in [3.8, 4) is 5.75 Å². The molecule has 1 aromatic heterocycles. The van der Waals surface area contributed by atoms with Crippen molar-refractivity contribution < 1.29 is 9.53 Å². The summed E-state index contributed by atoms with van der Waals surface area (Å²) in [5.41, 5.74) is 1.08. The van der Waals surface area contributed by atoms with Gasteiger partial charge in [-0.25, -0.2) is 4.79 Å². The molecule has 0 bridgehead atoms. The molecule has 2 aromatic rings. The summed E-state index contributed by atoms with van der Waals surface area (Å²) in [7, 11) is 1.85. The summed E-state index contributed by atoms with van der Waals surface area (Å²) in [4.78, 5) is 14.1. The van der Waals surface area contributed by atoms with Gasteiger partial charge >= 0.3 is 6.03 Å². The summed E-state index contributed by atoms with van der Waals surface area (Å²) in [5.74, 6) is 1.57. The highest BCUT2D eigenvalue weighted by molar-refractivity contribution is 5.74. The van der Waals surface area contributed by atoms with Crippen LogP contribution in [0.5, 0.6) is 5.75 Å². The first-order valence-corrected chi connectivity index (χ1v) is 8.10. The van der Waals surface area contributed by atoms with Gasteiger partial charge in [0.05, 0.1) is 12.6 Å². The van der Waals surface area contributed by atoms with Gasteiger partial charge in [0.25, 0.3) is 0 Å². The minimum Gasteiger partial charge on any atom is -0.491 e. The molecule has 1 unspecified atom stereocenters. The summed E-state index contributed by atoms with van der Waals surface area (Å²) in [6.45, 7) is 7.41. The lowest BCUT2D eigenvalue weighted by molar-refractivity contribution is 0.182. The van der Waals surface area contributed by atoms with E-state index in [1.165, 1.54) is 0 Å². The van der Waals surface area contributed by atoms with Crippen LogP contribution in [0, 0.1) is 6.92 Å². The van der Waals surface area contributed by atoms with E-state index in [0.717, 1.165) is 17.1 Å². The van der Waals surface area contributed by atoms with E-state index in [1.54, 1.807) is 15.8 Å². The van der Waals surface area contributed by atoms with Gasteiger partial charge in [0, 0.05) is 13.6 Å². The highest BCUT2D eigenvalue weighted by Crippen LogP contribution is 2.16. The number of nitrogens with one attached hydrogen (secondary N) is 1. The third kappa shape index (κ3) is 4.47. The lowest BCUT2D eigenvalue weighted by Crippen LogP contribution is -2.43. The van der Waals surface area contributed by atoms with Gasteiger partial charge in [-0.05, 0) is 32.4 Å². The number of para-hydroxylation sites is 1. The number of hydrogen-bond donors (Lipinski definition) is 1. The molecule has 1 aromatic carbocycles. The van der Waals surface area contributed by atoms with E-state index in [2.05, 4.69) is 15.5 Å². The average molecular weight is 331 g/mol. The van der Waals surface area contributed by atoms with Crippen LogP contribution < -0.4 is 10.1 Å². The largest absolute Gasteiger partial charge is 0.491 e. The van der Waals surface area contributed by atoms with Gasteiger partial charge in [-0.15, -0.1) is 10.2 Å². The number of urea groups is 1. The Morgan fingerprint density at radius 1 is 1.42 bits per heavy atom. The van der Waals surface area contributed by atoms with Gasteiger partial charge in [0.2, 0.25) is 0 Å². The molecular formula is C17H25N5O2. The predicted molar refractivity (Wildman–Crippen MR) is 91.9 cm³/mol. The van der Waals surface area contributed by atoms with E-state index in [-0.39, 0.29) is 12.1 Å². The number of carbonyl (C=O) groups is 1. The zero-order valence-corrected chi connectivity index (χ0v) is 14.7. The van der Waals surface area contributed by atoms with Gasteiger partial charge in [-0.2, -0.15) is 0 Å². The van der Waals surface area contributed by atoms with Crippen molar-refractivity contribution in [3.63, 3.8) is 0 Å². The monoisotopic (exact) mass is 331 g/mol. The van der Waals surface area contributed by atoms with Crippen LogP contribution in [0.1, 0.15) is 31.3 Å². The summed E-state index contributed by atoms with van der Waals surface area (Å²) in [6.07, 6.45) is 1.62. The number of likely N-dealkylation sites (N-methyl/N-ethyl adjacent to an activating group) is 1. The number of benzene rings is 1. The highest BCUT2D eigenvalue weighted by Gasteiger charge is 2.18. The predicted octanol–water partition coefficient (Wildman–Crippen LogP) is 2.30. The number of hydrogen-bond acceptors (Lipinski definition) is 4. The Kier molecular flexibility index (Phi) is 6.17. The molecule has 0 saturated carbocycles. The second-order valence-electron chi connectivity index (χ2n) is 5.66. The number of ether oxygens (including phenoxy) is 1.